The number of carbonyl (C=O) groups excluding carboxylic acids is 4. The van der Waals surface area contributed by atoms with Crippen LogP contribution in [0.5, 0.6) is 0 Å². The summed E-state index contributed by atoms with van der Waals surface area (Å²) >= 11 is 0. The molecule has 0 fully saturated rings. The fourth-order valence-corrected chi connectivity index (χ4v) is 1.34. The third kappa shape index (κ3) is 13.8. The van der Waals surface area contributed by atoms with Crippen molar-refractivity contribution in [3.63, 3.8) is 0 Å². The van der Waals surface area contributed by atoms with E-state index in [9.17, 15) is 36.7 Å². The van der Waals surface area contributed by atoms with E-state index in [1.165, 1.54) is 27.7 Å². The Morgan fingerprint density at radius 2 is 0.643 bits per heavy atom. The standard InChI is InChI=1S/2C8H12F2O4/c2*1-5(13-7(11)3-9)6(2)14-8(12)4-10/h2*5-6H,3-4H2,1-2H3. The molecule has 0 bridgehead atoms. The zero-order chi connectivity index (χ0) is 22.3. The number of ether oxygens (including phenoxy) is 4. The number of hydrogen-bond acceptors (Lipinski definition) is 8. The lowest BCUT2D eigenvalue weighted by Gasteiger charge is -2.19. The molecule has 0 radical (unpaired) electrons. The average Bonchev–Trinajstić information content (AvgIpc) is 2.67. The molecular formula is C16H24F4O8. The zero-order valence-corrected chi connectivity index (χ0v) is 15.9. The minimum absolute atomic E-state index is 0.797. The number of hydrogen-bond donors (Lipinski definition) is 0. The normalized spacial score (nSPS) is 14.3. The number of esters is 4. The van der Waals surface area contributed by atoms with E-state index < -0.39 is 75.0 Å². The molecule has 0 aromatic carbocycles. The van der Waals surface area contributed by atoms with Gasteiger partial charge in [-0.25, -0.2) is 36.7 Å². The topological polar surface area (TPSA) is 105 Å². The molecule has 0 spiro atoms. The summed E-state index contributed by atoms with van der Waals surface area (Å²) in [5.41, 5.74) is 0. The Labute approximate surface area is 159 Å². The first-order valence-corrected chi connectivity index (χ1v) is 8.04. The monoisotopic (exact) mass is 420 g/mol. The Morgan fingerprint density at radius 1 is 0.500 bits per heavy atom. The molecule has 12 heteroatoms. The number of carbonyl (C=O) groups is 4. The maximum Gasteiger partial charge on any atom is 0.337 e. The average molecular weight is 420 g/mol. The SMILES string of the molecule is CC(OC(=O)CF)C(C)OC(=O)CF.CC(OC(=O)CF)C(C)OC(=O)CF. The highest BCUT2D eigenvalue weighted by atomic mass is 19.1. The Kier molecular flexibility index (Phi) is 15.5. The fraction of sp³-hybridized carbons (Fsp3) is 0.750. The summed E-state index contributed by atoms with van der Waals surface area (Å²) in [6.45, 7) is 0.714. The van der Waals surface area contributed by atoms with E-state index in [1.807, 2.05) is 0 Å². The van der Waals surface area contributed by atoms with Crippen molar-refractivity contribution in [2.24, 2.45) is 0 Å². The van der Waals surface area contributed by atoms with Crippen molar-refractivity contribution in [3.8, 4) is 0 Å². The summed E-state index contributed by atoms with van der Waals surface area (Å²) in [7, 11) is 0. The van der Waals surface area contributed by atoms with Crippen molar-refractivity contribution in [3.05, 3.63) is 0 Å². The van der Waals surface area contributed by atoms with Crippen LogP contribution in [-0.2, 0) is 38.1 Å². The van der Waals surface area contributed by atoms with Gasteiger partial charge in [-0.1, -0.05) is 0 Å². The smallest absolute Gasteiger partial charge is 0.337 e. The van der Waals surface area contributed by atoms with Crippen LogP contribution in [0.2, 0.25) is 0 Å². The van der Waals surface area contributed by atoms with Crippen LogP contribution in [-0.4, -0.2) is 75.0 Å². The summed E-state index contributed by atoms with van der Waals surface area (Å²) in [5.74, 6) is -4.16. The molecule has 0 aliphatic heterocycles. The molecule has 0 saturated heterocycles. The summed E-state index contributed by atoms with van der Waals surface area (Å²) in [5, 5.41) is 0. The number of alkyl halides is 4. The molecule has 4 unspecified atom stereocenters. The van der Waals surface area contributed by atoms with E-state index in [4.69, 9.17) is 0 Å². The molecule has 164 valence electrons. The highest BCUT2D eigenvalue weighted by molar-refractivity contribution is 5.72. The van der Waals surface area contributed by atoms with Crippen molar-refractivity contribution < 1.29 is 55.7 Å². The van der Waals surface area contributed by atoms with Crippen LogP contribution in [0.4, 0.5) is 17.6 Å². The predicted octanol–water partition coefficient (Wildman–Crippen LogP) is 1.58. The molecule has 0 amide bonds. The minimum atomic E-state index is -1.24. The van der Waals surface area contributed by atoms with Crippen molar-refractivity contribution in [1.29, 1.82) is 0 Å². The van der Waals surface area contributed by atoms with E-state index in [2.05, 4.69) is 18.9 Å². The molecule has 0 saturated carbocycles. The van der Waals surface area contributed by atoms with Crippen LogP contribution in [0.25, 0.3) is 0 Å². The number of rotatable bonds is 10. The lowest BCUT2D eigenvalue weighted by molar-refractivity contribution is -0.166. The molecule has 0 aromatic heterocycles. The van der Waals surface area contributed by atoms with Gasteiger partial charge in [-0.05, 0) is 27.7 Å². The van der Waals surface area contributed by atoms with Crippen LogP contribution < -0.4 is 0 Å². The Hall–Kier alpha value is -2.40. The van der Waals surface area contributed by atoms with Gasteiger partial charge in [0, 0.05) is 0 Å². The third-order valence-electron chi connectivity index (χ3n) is 3.03. The van der Waals surface area contributed by atoms with Gasteiger partial charge >= 0.3 is 23.9 Å². The lowest BCUT2D eigenvalue weighted by Crippen LogP contribution is -2.31. The summed E-state index contributed by atoms with van der Waals surface area (Å²) in [6, 6.07) is 0. The van der Waals surface area contributed by atoms with Crippen LogP contribution in [0.15, 0.2) is 0 Å². The van der Waals surface area contributed by atoms with Crippen LogP contribution >= 0.6 is 0 Å². The van der Waals surface area contributed by atoms with E-state index >= 15 is 0 Å². The fourth-order valence-electron chi connectivity index (χ4n) is 1.34. The number of halogens is 4. The quantitative estimate of drug-likeness (QED) is 0.298. The van der Waals surface area contributed by atoms with Crippen molar-refractivity contribution in [2.45, 2.75) is 52.1 Å². The lowest BCUT2D eigenvalue weighted by atomic mass is 10.2. The summed E-state index contributed by atoms with van der Waals surface area (Å²) in [6.07, 6.45) is -3.19. The zero-order valence-electron chi connectivity index (χ0n) is 15.9. The molecule has 0 aliphatic carbocycles. The molecule has 0 N–H and O–H groups in total. The third-order valence-corrected chi connectivity index (χ3v) is 3.03. The second-order valence-corrected chi connectivity index (χ2v) is 5.31. The predicted molar refractivity (Wildman–Crippen MR) is 86.1 cm³/mol. The highest BCUT2D eigenvalue weighted by Crippen LogP contribution is 2.05. The van der Waals surface area contributed by atoms with E-state index in [0.29, 0.717) is 0 Å². The van der Waals surface area contributed by atoms with Gasteiger partial charge in [0.15, 0.2) is 26.7 Å². The van der Waals surface area contributed by atoms with E-state index in [1.54, 1.807) is 0 Å². The highest BCUT2D eigenvalue weighted by Gasteiger charge is 2.21. The van der Waals surface area contributed by atoms with E-state index in [-0.39, 0.29) is 0 Å². The molecule has 28 heavy (non-hydrogen) atoms. The van der Waals surface area contributed by atoms with Crippen molar-refractivity contribution in [2.75, 3.05) is 26.7 Å². The van der Waals surface area contributed by atoms with Gasteiger partial charge in [0.2, 0.25) is 0 Å². The minimum Gasteiger partial charge on any atom is -0.457 e. The molecule has 0 rings (SSSR count). The molecule has 0 aliphatic rings. The van der Waals surface area contributed by atoms with Crippen molar-refractivity contribution >= 4 is 23.9 Å². The summed E-state index contributed by atoms with van der Waals surface area (Å²) in [4.78, 5) is 41.9. The Bertz CT molecular complexity index is 415. The molecular weight excluding hydrogens is 396 g/mol. The maximum atomic E-state index is 11.7. The second-order valence-electron chi connectivity index (χ2n) is 5.31. The van der Waals surface area contributed by atoms with Crippen molar-refractivity contribution in [1.82, 2.24) is 0 Å². The first-order chi connectivity index (χ1) is 13.0. The first-order valence-electron chi connectivity index (χ1n) is 8.04. The van der Waals surface area contributed by atoms with Gasteiger partial charge < -0.3 is 18.9 Å². The summed E-state index contributed by atoms with van der Waals surface area (Å²) < 4.78 is 64.8. The Balaban J connectivity index is 0. The van der Waals surface area contributed by atoms with Crippen LogP contribution in [0, 0.1) is 0 Å². The Morgan fingerprint density at radius 3 is 0.750 bits per heavy atom. The van der Waals surface area contributed by atoms with E-state index in [0.717, 1.165) is 0 Å². The van der Waals surface area contributed by atoms with Gasteiger partial charge in [0.25, 0.3) is 0 Å². The van der Waals surface area contributed by atoms with Gasteiger partial charge in [0.1, 0.15) is 24.4 Å². The van der Waals surface area contributed by atoms with Gasteiger partial charge in [-0.2, -0.15) is 0 Å². The molecule has 0 heterocycles. The molecule has 0 aromatic rings. The molecule has 8 nitrogen and oxygen atoms in total. The molecule has 4 atom stereocenters. The van der Waals surface area contributed by atoms with Crippen LogP contribution in [0.1, 0.15) is 27.7 Å². The van der Waals surface area contributed by atoms with Gasteiger partial charge in [0.05, 0.1) is 0 Å². The van der Waals surface area contributed by atoms with Crippen LogP contribution in [0.3, 0.4) is 0 Å². The second kappa shape index (κ2) is 15.6. The van der Waals surface area contributed by atoms with Gasteiger partial charge in [-0.3, -0.25) is 0 Å². The maximum absolute atomic E-state index is 11.7. The first kappa shape index (κ1) is 27.8. The largest absolute Gasteiger partial charge is 0.457 e. The van der Waals surface area contributed by atoms with Gasteiger partial charge in [-0.15, -0.1) is 0 Å².